The molecule has 0 aromatic carbocycles. The van der Waals surface area contributed by atoms with Crippen molar-refractivity contribution in [2.45, 2.75) is 58.5 Å². The van der Waals surface area contributed by atoms with Gasteiger partial charge in [-0.2, -0.15) is 0 Å². The van der Waals surface area contributed by atoms with Gasteiger partial charge in [0.25, 0.3) is 0 Å². The van der Waals surface area contributed by atoms with Crippen molar-refractivity contribution >= 4 is 17.5 Å². The number of amides is 1. The summed E-state index contributed by atoms with van der Waals surface area (Å²) >= 11 is 0. The van der Waals surface area contributed by atoms with Gasteiger partial charge in [0.05, 0.1) is 5.69 Å². The van der Waals surface area contributed by atoms with Crippen LogP contribution in [0, 0.1) is 0 Å². The number of piperazine rings is 1. The van der Waals surface area contributed by atoms with Gasteiger partial charge in [0.2, 0.25) is 5.91 Å². The van der Waals surface area contributed by atoms with E-state index in [-0.39, 0.29) is 5.54 Å². The summed E-state index contributed by atoms with van der Waals surface area (Å²) in [7, 11) is 0. The van der Waals surface area contributed by atoms with E-state index in [1.54, 1.807) is 18.3 Å². The monoisotopic (exact) mass is 410 g/mol. The molecule has 3 rings (SSSR count). The molecule has 3 heterocycles. The minimum absolute atomic E-state index is 0.0228. The second-order valence-corrected chi connectivity index (χ2v) is 8.66. The van der Waals surface area contributed by atoms with E-state index in [2.05, 4.69) is 48.2 Å². The fourth-order valence-electron chi connectivity index (χ4n) is 3.91. The summed E-state index contributed by atoms with van der Waals surface area (Å²) in [5, 5.41) is 7.02. The van der Waals surface area contributed by atoms with Gasteiger partial charge in [-0.25, -0.2) is 9.97 Å². The zero-order valence-electron chi connectivity index (χ0n) is 18.5. The van der Waals surface area contributed by atoms with Gasteiger partial charge < -0.3 is 21.3 Å². The molecule has 7 nitrogen and oxygen atoms in total. The number of carbonyl (C=O) groups excluding carboxylic acids is 1. The highest BCUT2D eigenvalue weighted by atomic mass is 16.1. The summed E-state index contributed by atoms with van der Waals surface area (Å²) in [5.41, 5.74) is 7.72. The number of hydrogen-bond donors (Lipinski definition) is 3. The summed E-state index contributed by atoms with van der Waals surface area (Å²) < 4.78 is 0. The number of carbonyl (C=O) groups is 1. The van der Waals surface area contributed by atoms with Crippen molar-refractivity contribution in [3.8, 4) is 11.3 Å². The summed E-state index contributed by atoms with van der Waals surface area (Å²) in [6.07, 6.45) is 5.04. The van der Waals surface area contributed by atoms with Crippen LogP contribution in [0.3, 0.4) is 0 Å². The lowest BCUT2D eigenvalue weighted by molar-refractivity contribution is 0.1000. The second kappa shape index (κ2) is 9.43. The zero-order valence-corrected chi connectivity index (χ0v) is 18.5. The van der Waals surface area contributed by atoms with Crippen molar-refractivity contribution in [1.29, 1.82) is 0 Å². The van der Waals surface area contributed by atoms with E-state index in [0.717, 1.165) is 61.8 Å². The molecule has 0 aliphatic carbocycles. The third-order valence-corrected chi connectivity index (χ3v) is 5.53. The number of hydrogen-bond acceptors (Lipinski definition) is 6. The largest absolute Gasteiger partial charge is 0.367 e. The average Bonchev–Trinajstić information content (AvgIpc) is 2.72. The molecule has 0 saturated carbocycles. The summed E-state index contributed by atoms with van der Waals surface area (Å²) in [4.78, 5) is 23.6. The standard InChI is InChI=1S/C23H34N6O/c1-5-7-18(6-2)27-20-13-16(8-9-25-20)19-12-17(22(24)30)14-21(28-19)29-11-10-26-23(3,4)15-29/h8-9,12-14,18,26H,5-7,10-11,15H2,1-4H3,(H2,24,30)(H,25,27). The minimum atomic E-state index is -0.448. The lowest BCUT2D eigenvalue weighted by Gasteiger charge is -2.40. The predicted molar refractivity (Wildman–Crippen MR) is 123 cm³/mol. The molecule has 0 spiro atoms. The Morgan fingerprint density at radius 1 is 1.33 bits per heavy atom. The molecule has 1 atom stereocenters. The number of nitrogens with zero attached hydrogens (tertiary/aromatic N) is 3. The van der Waals surface area contributed by atoms with E-state index in [4.69, 9.17) is 10.7 Å². The van der Waals surface area contributed by atoms with Gasteiger partial charge in [-0.15, -0.1) is 0 Å². The molecule has 1 unspecified atom stereocenters. The maximum Gasteiger partial charge on any atom is 0.248 e. The number of nitrogens with two attached hydrogens (primary N) is 1. The molecule has 162 valence electrons. The molecular weight excluding hydrogens is 376 g/mol. The van der Waals surface area contributed by atoms with Crippen molar-refractivity contribution in [2.75, 3.05) is 29.9 Å². The summed E-state index contributed by atoms with van der Waals surface area (Å²) in [6.45, 7) is 11.2. The van der Waals surface area contributed by atoms with E-state index in [1.807, 2.05) is 12.1 Å². The van der Waals surface area contributed by atoms with Crippen molar-refractivity contribution < 1.29 is 4.79 Å². The first-order valence-electron chi connectivity index (χ1n) is 10.9. The third kappa shape index (κ3) is 5.48. The SMILES string of the molecule is CCCC(CC)Nc1cc(-c2cc(C(N)=O)cc(N3CCNC(C)(C)C3)n2)ccn1. The second-order valence-electron chi connectivity index (χ2n) is 8.66. The number of rotatable bonds is 8. The predicted octanol–water partition coefficient (Wildman–Crippen LogP) is 3.42. The van der Waals surface area contributed by atoms with Gasteiger partial charge in [0.1, 0.15) is 11.6 Å². The molecule has 1 aliphatic rings. The molecule has 1 fully saturated rings. The van der Waals surface area contributed by atoms with Crippen molar-refractivity contribution in [1.82, 2.24) is 15.3 Å². The van der Waals surface area contributed by atoms with Crippen molar-refractivity contribution in [3.05, 3.63) is 36.0 Å². The number of pyridine rings is 2. The van der Waals surface area contributed by atoms with E-state index in [0.29, 0.717) is 11.6 Å². The van der Waals surface area contributed by atoms with Crippen LogP contribution in [0.5, 0.6) is 0 Å². The lowest BCUT2D eigenvalue weighted by Crippen LogP contribution is -2.57. The molecule has 30 heavy (non-hydrogen) atoms. The smallest absolute Gasteiger partial charge is 0.248 e. The van der Waals surface area contributed by atoms with Gasteiger partial charge in [-0.1, -0.05) is 20.3 Å². The molecule has 4 N–H and O–H groups in total. The molecular formula is C23H34N6O. The Kier molecular flexibility index (Phi) is 6.92. The van der Waals surface area contributed by atoms with E-state index in [1.165, 1.54) is 0 Å². The van der Waals surface area contributed by atoms with Gasteiger partial charge in [-0.3, -0.25) is 4.79 Å². The molecule has 1 aliphatic heterocycles. The zero-order chi connectivity index (χ0) is 21.7. The van der Waals surface area contributed by atoms with Gasteiger partial charge in [-0.05, 0) is 51.0 Å². The maximum absolute atomic E-state index is 12.0. The van der Waals surface area contributed by atoms with Crippen LogP contribution in [0.25, 0.3) is 11.3 Å². The van der Waals surface area contributed by atoms with Gasteiger partial charge >= 0.3 is 0 Å². The summed E-state index contributed by atoms with van der Waals surface area (Å²) in [6, 6.07) is 7.87. The first-order valence-corrected chi connectivity index (χ1v) is 10.9. The van der Waals surface area contributed by atoms with Crippen LogP contribution in [0.1, 0.15) is 57.3 Å². The van der Waals surface area contributed by atoms with Crippen LogP contribution in [0.2, 0.25) is 0 Å². The third-order valence-electron chi connectivity index (χ3n) is 5.53. The number of anilines is 2. The molecule has 0 radical (unpaired) electrons. The fraction of sp³-hybridized carbons (Fsp3) is 0.522. The van der Waals surface area contributed by atoms with Crippen LogP contribution < -0.4 is 21.3 Å². The van der Waals surface area contributed by atoms with Crippen LogP contribution in [0.15, 0.2) is 30.5 Å². The summed E-state index contributed by atoms with van der Waals surface area (Å²) in [5.74, 6) is 1.15. The Bertz CT molecular complexity index is 882. The van der Waals surface area contributed by atoms with E-state index in [9.17, 15) is 4.79 Å². The Morgan fingerprint density at radius 2 is 2.13 bits per heavy atom. The normalized spacial score (nSPS) is 16.9. The van der Waals surface area contributed by atoms with Crippen molar-refractivity contribution in [3.63, 3.8) is 0 Å². The van der Waals surface area contributed by atoms with Crippen LogP contribution >= 0.6 is 0 Å². The van der Waals surface area contributed by atoms with Gasteiger partial charge in [0, 0.05) is 48.5 Å². The maximum atomic E-state index is 12.0. The molecule has 2 aromatic rings. The number of nitrogens with one attached hydrogen (secondary N) is 2. The Labute approximate surface area is 179 Å². The van der Waals surface area contributed by atoms with Crippen LogP contribution in [0.4, 0.5) is 11.6 Å². The van der Waals surface area contributed by atoms with E-state index >= 15 is 0 Å². The first-order chi connectivity index (χ1) is 14.3. The Morgan fingerprint density at radius 3 is 2.80 bits per heavy atom. The van der Waals surface area contributed by atoms with Crippen molar-refractivity contribution in [2.24, 2.45) is 5.73 Å². The molecule has 0 bridgehead atoms. The highest BCUT2D eigenvalue weighted by Crippen LogP contribution is 2.26. The quantitative estimate of drug-likeness (QED) is 0.617. The molecule has 2 aromatic heterocycles. The first kappa shape index (κ1) is 22.0. The van der Waals surface area contributed by atoms with E-state index < -0.39 is 5.91 Å². The topological polar surface area (TPSA) is 96.2 Å². The highest BCUT2D eigenvalue weighted by Gasteiger charge is 2.27. The highest BCUT2D eigenvalue weighted by molar-refractivity contribution is 5.94. The van der Waals surface area contributed by atoms with Crippen LogP contribution in [-0.2, 0) is 0 Å². The molecule has 1 saturated heterocycles. The molecule has 1 amide bonds. The van der Waals surface area contributed by atoms with Gasteiger partial charge in [0.15, 0.2) is 0 Å². The lowest BCUT2D eigenvalue weighted by atomic mass is 10.0. The number of primary amides is 1. The number of aromatic nitrogens is 2. The average molecular weight is 411 g/mol. The van der Waals surface area contributed by atoms with Crippen LogP contribution in [-0.4, -0.2) is 47.1 Å². The minimum Gasteiger partial charge on any atom is -0.367 e. The Hall–Kier alpha value is -2.67. The fourth-order valence-corrected chi connectivity index (χ4v) is 3.91. The Balaban J connectivity index is 1.94. The molecule has 7 heteroatoms.